The Bertz CT molecular complexity index is 393. The van der Waals surface area contributed by atoms with Crippen LogP contribution in [0.2, 0.25) is 0 Å². The van der Waals surface area contributed by atoms with Crippen LogP contribution in [-0.2, 0) is 9.53 Å². The smallest absolute Gasteiger partial charge is 0.313 e. The highest BCUT2D eigenvalue weighted by molar-refractivity contribution is 9.10. The van der Waals surface area contributed by atoms with Crippen molar-refractivity contribution in [1.29, 1.82) is 0 Å². The number of halogens is 1. The van der Waals surface area contributed by atoms with E-state index in [1.165, 1.54) is 7.11 Å². The molecule has 0 saturated carbocycles. The third-order valence-electron chi connectivity index (χ3n) is 2.60. The summed E-state index contributed by atoms with van der Waals surface area (Å²) in [6.45, 7) is 3.52. The van der Waals surface area contributed by atoms with Crippen LogP contribution in [-0.4, -0.2) is 18.1 Å². The van der Waals surface area contributed by atoms with E-state index in [0.717, 1.165) is 5.56 Å². The molecule has 4 nitrogen and oxygen atoms in total. The molecule has 0 saturated heterocycles. The molecular weight excluding hydrogens is 272 g/mol. The molecule has 88 valence electrons. The zero-order valence-corrected chi connectivity index (χ0v) is 11.1. The average molecular weight is 287 g/mol. The van der Waals surface area contributed by atoms with Gasteiger partial charge in [-0.1, -0.05) is 0 Å². The van der Waals surface area contributed by atoms with Gasteiger partial charge in [0.15, 0.2) is 0 Å². The number of methoxy groups -OCH3 is 1. The van der Waals surface area contributed by atoms with E-state index in [1.54, 1.807) is 32.2 Å². The van der Waals surface area contributed by atoms with Crippen molar-refractivity contribution in [2.45, 2.75) is 19.9 Å². The van der Waals surface area contributed by atoms with Gasteiger partial charge in [-0.05, 0) is 47.5 Å². The molecule has 0 aliphatic heterocycles. The molecule has 1 heterocycles. The van der Waals surface area contributed by atoms with Crippen molar-refractivity contribution in [2.24, 2.45) is 11.1 Å². The number of hydrogen-bond donors (Lipinski definition) is 1. The largest absolute Gasteiger partial charge is 0.469 e. The number of nitrogens with zero attached hydrogens (tertiary/aromatic N) is 1. The lowest BCUT2D eigenvalue weighted by molar-refractivity contribution is -0.152. The van der Waals surface area contributed by atoms with Gasteiger partial charge in [0.25, 0.3) is 0 Å². The van der Waals surface area contributed by atoms with Crippen LogP contribution in [0.3, 0.4) is 0 Å². The second-order valence-electron chi connectivity index (χ2n) is 4.10. The first kappa shape index (κ1) is 13.1. The van der Waals surface area contributed by atoms with Gasteiger partial charge in [-0.2, -0.15) is 0 Å². The van der Waals surface area contributed by atoms with Crippen molar-refractivity contribution in [1.82, 2.24) is 4.98 Å². The standard InChI is InChI=1S/C11H15BrN2O2/c1-11(2,10(15)16-3)9(13)7-4-5-14-8(12)6-7/h4-6,9H,13H2,1-3H3/t9-/m1/s1. The van der Waals surface area contributed by atoms with E-state index in [1.807, 2.05) is 0 Å². The van der Waals surface area contributed by atoms with Crippen LogP contribution in [0.1, 0.15) is 25.5 Å². The summed E-state index contributed by atoms with van der Waals surface area (Å²) < 4.78 is 5.44. The molecule has 1 rings (SSSR count). The van der Waals surface area contributed by atoms with Crippen LogP contribution in [0, 0.1) is 5.41 Å². The summed E-state index contributed by atoms with van der Waals surface area (Å²) >= 11 is 3.27. The SMILES string of the molecule is COC(=O)C(C)(C)[C@H](N)c1ccnc(Br)c1. The quantitative estimate of drug-likeness (QED) is 0.682. The normalized spacial score (nSPS) is 13.3. The predicted molar refractivity (Wildman–Crippen MR) is 64.7 cm³/mol. The molecule has 0 fully saturated rings. The maximum Gasteiger partial charge on any atom is 0.313 e. The molecule has 0 amide bonds. The van der Waals surface area contributed by atoms with E-state index < -0.39 is 11.5 Å². The van der Waals surface area contributed by atoms with Crippen molar-refractivity contribution in [3.8, 4) is 0 Å². The van der Waals surface area contributed by atoms with Crippen LogP contribution < -0.4 is 5.73 Å². The first-order valence-corrected chi connectivity index (χ1v) is 5.64. The average Bonchev–Trinajstić information content (AvgIpc) is 2.26. The van der Waals surface area contributed by atoms with E-state index in [-0.39, 0.29) is 5.97 Å². The highest BCUT2D eigenvalue weighted by Gasteiger charge is 2.36. The van der Waals surface area contributed by atoms with Crippen LogP contribution in [0.25, 0.3) is 0 Å². The molecule has 1 aromatic rings. The summed E-state index contributed by atoms with van der Waals surface area (Å²) in [6, 6.07) is 3.16. The number of carbonyl (C=O) groups is 1. The summed E-state index contributed by atoms with van der Waals surface area (Å²) in [7, 11) is 1.36. The predicted octanol–water partition coefficient (Wildman–Crippen LogP) is 2.04. The lowest BCUT2D eigenvalue weighted by atomic mass is 9.81. The molecule has 0 aromatic carbocycles. The van der Waals surface area contributed by atoms with E-state index in [2.05, 4.69) is 20.9 Å². The zero-order chi connectivity index (χ0) is 12.3. The summed E-state index contributed by atoms with van der Waals surface area (Å²) in [4.78, 5) is 15.6. The van der Waals surface area contributed by atoms with Crippen molar-refractivity contribution in [2.75, 3.05) is 7.11 Å². The maximum atomic E-state index is 11.6. The van der Waals surface area contributed by atoms with Crippen LogP contribution in [0.4, 0.5) is 0 Å². The van der Waals surface area contributed by atoms with Crippen LogP contribution in [0.15, 0.2) is 22.9 Å². The minimum atomic E-state index is -0.768. The summed E-state index contributed by atoms with van der Waals surface area (Å²) in [6.07, 6.45) is 1.65. The topological polar surface area (TPSA) is 65.2 Å². The van der Waals surface area contributed by atoms with Gasteiger partial charge < -0.3 is 10.5 Å². The van der Waals surface area contributed by atoms with Crippen molar-refractivity contribution in [3.05, 3.63) is 28.5 Å². The molecule has 1 aromatic heterocycles. The number of carbonyl (C=O) groups excluding carboxylic acids is 1. The van der Waals surface area contributed by atoms with Gasteiger partial charge in [0.2, 0.25) is 0 Å². The Morgan fingerprint density at radius 2 is 2.25 bits per heavy atom. The number of esters is 1. The number of ether oxygens (including phenoxy) is 1. The third-order valence-corrected chi connectivity index (χ3v) is 3.03. The summed E-state index contributed by atoms with van der Waals surface area (Å²) in [5, 5.41) is 0. The lowest BCUT2D eigenvalue weighted by Gasteiger charge is -2.28. The van der Waals surface area contributed by atoms with Crippen molar-refractivity contribution >= 4 is 21.9 Å². The van der Waals surface area contributed by atoms with E-state index in [0.29, 0.717) is 4.60 Å². The Morgan fingerprint density at radius 3 is 2.75 bits per heavy atom. The highest BCUT2D eigenvalue weighted by Crippen LogP contribution is 2.32. The monoisotopic (exact) mass is 286 g/mol. The molecule has 0 radical (unpaired) electrons. The fourth-order valence-corrected chi connectivity index (χ4v) is 1.80. The lowest BCUT2D eigenvalue weighted by Crippen LogP contribution is -2.37. The first-order chi connectivity index (χ1) is 7.39. The Labute approximate surface area is 103 Å². The Hall–Kier alpha value is -0.940. The fraction of sp³-hybridized carbons (Fsp3) is 0.455. The molecule has 0 spiro atoms. The van der Waals surface area contributed by atoms with Crippen LogP contribution in [0.5, 0.6) is 0 Å². The number of aromatic nitrogens is 1. The molecule has 0 aliphatic carbocycles. The number of rotatable bonds is 3. The fourth-order valence-electron chi connectivity index (χ4n) is 1.42. The van der Waals surface area contributed by atoms with Gasteiger partial charge in [0.1, 0.15) is 4.60 Å². The Kier molecular flexibility index (Phi) is 4.04. The maximum absolute atomic E-state index is 11.6. The first-order valence-electron chi connectivity index (χ1n) is 4.85. The van der Waals surface area contributed by atoms with Crippen molar-refractivity contribution < 1.29 is 9.53 Å². The van der Waals surface area contributed by atoms with Gasteiger partial charge in [-0.25, -0.2) is 4.98 Å². The number of hydrogen-bond acceptors (Lipinski definition) is 4. The van der Waals surface area contributed by atoms with E-state index in [4.69, 9.17) is 10.5 Å². The van der Waals surface area contributed by atoms with Gasteiger partial charge >= 0.3 is 5.97 Å². The number of nitrogens with two attached hydrogens (primary N) is 1. The zero-order valence-electron chi connectivity index (χ0n) is 9.53. The molecule has 16 heavy (non-hydrogen) atoms. The molecule has 0 unspecified atom stereocenters. The molecular formula is C11H15BrN2O2. The van der Waals surface area contributed by atoms with Crippen LogP contribution >= 0.6 is 15.9 Å². The van der Waals surface area contributed by atoms with Gasteiger partial charge in [0.05, 0.1) is 12.5 Å². The minimum Gasteiger partial charge on any atom is -0.469 e. The van der Waals surface area contributed by atoms with Crippen molar-refractivity contribution in [3.63, 3.8) is 0 Å². The Morgan fingerprint density at radius 1 is 1.62 bits per heavy atom. The molecule has 5 heteroatoms. The van der Waals surface area contributed by atoms with E-state index in [9.17, 15) is 4.79 Å². The molecule has 1 atom stereocenters. The summed E-state index contributed by atoms with van der Waals surface area (Å²) in [5.41, 5.74) is 6.15. The van der Waals surface area contributed by atoms with Gasteiger partial charge in [-0.3, -0.25) is 4.79 Å². The second-order valence-corrected chi connectivity index (χ2v) is 4.92. The van der Waals surface area contributed by atoms with Gasteiger partial charge in [0, 0.05) is 12.2 Å². The molecule has 0 aliphatic rings. The Balaban J connectivity index is 3.01. The van der Waals surface area contributed by atoms with Gasteiger partial charge in [-0.15, -0.1) is 0 Å². The summed E-state index contributed by atoms with van der Waals surface area (Å²) in [5.74, 6) is -0.326. The minimum absolute atomic E-state index is 0.326. The number of pyridine rings is 1. The second kappa shape index (κ2) is 4.93. The molecule has 0 bridgehead atoms. The molecule has 2 N–H and O–H groups in total. The van der Waals surface area contributed by atoms with E-state index >= 15 is 0 Å². The third kappa shape index (κ3) is 2.59. The highest BCUT2D eigenvalue weighted by atomic mass is 79.9.